The van der Waals surface area contributed by atoms with Gasteiger partial charge in [0, 0.05) is 51.4 Å². The molecule has 0 N–H and O–H groups in total. The molecule has 0 bridgehead atoms. The first-order chi connectivity index (χ1) is 13.3. The molecule has 2 spiro atoms. The minimum Gasteiger partial charge on any atom is -0.381 e. The first kappa shape index (κ1) is 20.6. The Morgan fingerprint density at radius 3 is 2.32 bits per heavy atom. The number of hydrogen-bond acceptors (Lipinski definition) is 5. The van der Waals surface area contributed by atoms with Crippen molar-refractivity contribution in [3.8, 4) is 0 Å². The van der Waals surface area contributed by atoms with Crippen molar-refractivity contribution in [2.24, 2.45) is 16.7 Å². The summed E-state index contributed by atoms with van der Waals surface area (Å²) in [6, 6.07) is 0. The highest BCUT2D eigenvalue weighted by atomic mass is 32.2. The van der Waals surface area contributed by atoms with Crippen LogP contribution in [0.3, 0.4) is 0 Å². The zero-order valence-corrected chi connectivity index (χ0v) is 18.2. The maximum absolute atomic E-state index is 13.4. The van der Waals surface area contributed by atoms with Gasteiger partial charge in [-0.05, 0) is 58.0 Å². The smallest absolute Gasteiger partial charge is 0.230 e. The minimum absolute atomic E-state index is 0.194. The number of hydrogen-bond donors (Lipinski definition) is 0. The lowest BCUT2D eigenvalue weighted by atomic mass is 9.60. The Kier molecular flexibility index (Phi) is 5.53. The van der Waals surface area contributed by atoms with Crippen LogP contribution >= 0.6 is 0 Å². The molecule has 160 valence electrons. The molecule has 0 aliphatic carbocycles. The predicted octanol–water partition coefficient (Wildman–Crippen LogP) is 1.01. The third kappa shape index (κ3) is 3.40. The second-order valence-electron chi connectivity index (χ2n) is 9.38. The molecule has 8 heteroatoms. The van der Waals surface area contributed by atoms with Gasteiger partial charge in [-0.1, -0.05) is 0 Å². The van der Waals surface area contributed by atoms with E-state index in [1.165, 1.54) is 6.26 Å². The molecule has 0 radical (unpaired) electrons. The quantitative estimate of drug-likeness (QED) is 0.688. The normalized spacial score (nSPS) is 32.8. The SMILES string of the molecule is CCN1CC[C@@]2(CN(S(C)(=O)=O)CC23CCN(CC2CCOCC2)CC3)C1=O. The second kappa shape index (κ2) is 7.52. The van der Waals surface area contributed by atoms with Gasteiger partial charge in [-0.2, -0.15) is 0 Å². The number of piperidine rings is 1. The van der Waals surface area contributed by atoms with Gasteiger partial charge in [0.25, 0.3) is 0 Å². The number of nitrogens with zero attached hydrogens (tertiary/aromatic N) is 3. The van der Waals surface area contributed by atoms with Gasteiger partial charge in [-0.25, -0.2) is 12.7 Å². The van der Waals surface area contributed by atoms with Crippen LogP contribution in [0.1, 0.15) is 39.0 Å². The van der Waals surface area contributed by atoms with Crippen LogP contribution in [0.25, 0.3) is 0 Å². The number of carbonyl (C=O) groups excluding carboxylic acids is 1. The zero-order valence-electron chi connectivity index (χ0n) is 17.4. The fourth-order valence-corrected chi connectivity index (χ4v) is 7.06. The fourth-order valence-electron chi connectivity index (χ4n) is 6.12. The summed E-state index contributed by atoms with van der Waals surface area (Å²) in [6.45, 7) is 9.17. The first-order valence-corrected chi connectivity index (χ1v) is 12.7. The van der Waals surface area contributed by atoms with E-state index in [1.54, 1.807) is 4.31 Å². The van der Waals surface area contributed by atoms with Crippen molar-refractivity contribution in [3.63, 3.8) is 0 Å². The van der Waals surface area contributed by atoms with E-state index >= 15 is 0 Å². The van der Waals surface area contributed by atoms with Crippen molar-refractivity contribution in [3.05, 3.63) is 0 Å². The van der Waals surface area contributed by atoms with E-state index in [4.69, 9.17) is 4.74 Å². The third-order valence-corrected chi connectivity index (χ3v) is 9.16. The lowest BCUT2D eigenvalue weighted by Gasteiger charge is -2.47. The number of carbonyl (C=O) groups is 1. The first-order valence-electron chi connectivity index (χ1n) is 10.8. The van der Waals surface area contributed by atoms with Crippen LogP contribution in [-0.2, 0) is 19.6 Å². The highest BCUT2D eigenvalue weighted by molar-refractivity contribution is 7.88. The maximum Gasteiger partial charge on any atom is 0.230 e. The van der Waals surface area contributed by atoms with E-state index in [2.05, 4.69) is 4.90 Å². The number of sulfonamides is 1. The molecule has 0 aromatic rings. The van der Waals surface area contributed by atoms with E-state index in [0.717, 1.165) is 71.5 Å². The molecule has 4 heterocycles. The second-order valence-corrected chi connectivity index (χ2v) is 11.4. The largest absolute Gasteiger partial charge is 0.381 e. The number of fused-ring (bicyclic) bond motifs is 1. The van der Waals surface area contributed by atoms with Gasteiger partial charge >= 0.3 is 0 Å². The number of rotatable bonds is 4. The highest BCUT2D eigenvalue weighted by Gasteiger charge is 2.66. The molecule has 4 rings (SSSR count). The molecule has 0 saturated carbocycles. The van der Waals surface area contributed by atoms with Crippen molar-refractivity contribution >= 4 is 15.9 Å². The summed E-state index contributed by atoms with van der Waals surface area (Å²) in [5.41, 5.74) is -0.722. The molecule has 4 fully saturated rings. The van der Waals surface area contributed by atoms with Gasteiger partial charge < -0.3 is 14.5 Å². The summed E-state index contributed by atoms with van der Waals surface area (Å²) in [5, 5.41) is 0. The monoisotopic (exact) mass is 413 g/mol. The summed E-state index contributed by atoms with van der Waals surface area (Å²) < 4.78 is 31.8. The lowest BCUT2D eigenvalue weighted by molar-refractivity contribution is -0.142. The number of amides is 1. The molecule has 0 aromatic carbocycles. The summed E-state index contributed by atoms with van der Waals surface area (Å²) in [5.74, 6) is 0.899. The summed E-state index contributed by atoms with van der Waals surface area (Å²) >= 11 is 0. The van der Waals surface area contributed by atoms with Crippen molar-refractivity contribution in [1.29, 1.82) is 0 Å². The molecular formula is C20H35N3O4S. The molecule has 28 heavy (non-hydrogen) atoms. The molecule has 4 saturated heterocycles. The van der Waals surface area contributed by atoms with Gasteiger partial charge in [-0.3, -0.25) is 4.79 Å². The zero-order chi connectivity index (χ0) is 20.0. The Morgan fingerprint density at radius 2 is 1.75 bits per heavy atom. The summed E-state index contributed by atoms with van der Waals surface area (Å²) in [4.78, 5) is 17.9. The van der Waals surface area contributed by atoms with Gasteiger partial charge in [0.2, 0.25) is 15.9 Å². The number of ether oxygens (including phenoxy) is 1. The van der Waals surface area contributed by atoms with E-state index in [9.17, 15) is 13.2 Å². The van der Waals surface area contributed by atoms with Gasteiger partial charge in [0.05, 0.1) is 11.7 Å². The van der Waals surface area contributed by atoms with Crippen LogP contribution in [-0.4, -0.2) is 93.7 Å². The number of likely N-dealkylation sites (tertiary alicyclic amines) is 2. The van der Waals surface area contributed by atoms with E-state index < -0.39 is 15.4 Å². The van der Waals surface area contributed by atoms with Gasteiger partial charge in [0.15, 0.2) is 0 Å². The molecule has 1 atom stereocenters. The van der Waals surface area contributed by atoms with Crippen LogP contribution in [0.2, 0.25) is 0 Å². The van der Waals surface area contributed by atoms with E-state index in [-0.39, 0.29) is 11.3 Å². The predicted molar refractivity (Wildman–Crippen MR) is 107 cm³/mol. The van der Waals surface area contributed by atoms with Crippen LogP contribution < -0.4 is 0 Å². The van der Waals surface area contributed by atoms with Crippen molar-refractivity contribution in [2.45, 2.75) is 39.0 Å². The topological polar surface area (TPSA) is 70.2 Å². The molecule has 0 unspecified atom stereocenters. The fraction of sp³-hybridized carbons (Fsp3) is 0.950. The molecule has 4 aliphatic rings. The summed E-state index contributed by atoms with van der Waals surface area (Å²) in [6.07, 6.45) is 6.20. The standard InChI is InChI=1S/C20H35N3O4S/c1-3-22-11-8-20(18(22)24)16-23(28(2,25)26)15-19(20)6-9-21(10-7-19)14-17-4-12-27-13-5-17/h17H,3-16H2,1-2H3/t20-/m1/s1. The Hall–Kier alpha value is -0.700. The van der Waals surface area contributed by atoms with Crippen molar-refractivity contribution in [2.75, 3.05) is 65.3 Å². The van der Waals surface area contributed by atoms with Crippen molar-refractivity contribution < 1.29 is 17.9 Å². The van der Waals surface area contributed by atoms with Gasteiger partial charge in [0.1, 0.15) is 0 Å². The van der Waals surface area contributed by atoms with Crippen molar-refractivity contribution in [1.82, 2.24) is 14.1 Å². The van der Waals surface area contributed by atoms with Crippen LogP contribution in [0, 0.1) is 16.7 Å². The Morgan fingerprint density at radius 1 is 1.07 bits per heavy atom. The molecular weight excluding hydrogens is 378 g/mol. The molecule has 1 amide bonds. The van der Waals surface area contributed by atoms with Gasteiger partial charge in [-0.15, -0.1) is 0 Å². The average molecular weight is 414 g/mol. The van der Waals surface area contributed by atoms with Crippen LogP contribution in [0.15, 0.2) is 0 Å². The van der Waals surface area contributed by atoms with E-state index in [0.29, 0.717) is 25.6 Å². The maximum atomic E-state index is 13.4. The Bertz CT molecular complexity index is 698. The Labute approximate surface area is 169 Å². The van der Waals surface area contributed by atoms with E-state index in [1.807, 2.05) is 11.8 Å². The summed E-state index contributed by atoms with van der Waals surface area (Å²) in [7, 11) is -3.29. The lowest BCUT2D eigenvalue weighted by Crippen LogP contribution is -2.53. The minimum atomic E-state index is -3.29. The highest BCUT2D eigenvalue weighted by Crippen LogP contribution is 2.58. The third-order valence-electron chi connectivity index (χ3n) is 7.97. The molecule has 7 nitrogen and oxygen atoms in total. The molecule has 0 aromatic heterocycles. The average Bonchev–Trinajstić information content (AvgIpc) is 3.17. The Balaban J connectivity index is 1.52. The van der Waals surface area contributed by atoms with Crippen LogP contribution in [0.4, 0.5) is 0 Å². The molecule has 4 aliphatic heterocycles. The van der Waals surface area contributed by atoms with Crippen LogP contribution in [0.5, 0.6) is 0 Å².